The Morgan fingerprint density at radius 3 is 2.68 bits per heavy atom. The van der Waals surface area contributed by atoms with Crippen molar-refractivity contribution < 1.29 is 14.3 Å². The first-order valence-corrected chi connectivity index (χ1v) is 6.48. The Bertz CT molecular complexity index is 424. The van der Waals surface area contributed by atoms with Gasteiger partial charge in [0.1, 0.15) is 12.4 Å². The maximum Gasteiger partial charge on any atom is 0.237 e. The molecule has 2 unspecified atom stereocenters. The first-order valence-electron chi connectivity index (χ1n) is 6.48. The second kappa shape index (κ2) is 6.04. The van der Waals surface area contributed by atoms with E-state index in [2.05, 4.69) is 0 Å². The summed E-state index contributed by atoms with van der Waals surface area (Å²) in [5.74, 6) is 0.377. The molecule has 0 saturated heterocycles. The average molecular weight is 264 g/mol. The summed E-state index contributed by atoms with van der Waals surface area (Å²) in [6.07, 6.45) is 1.85. The standard InChI is InChI=1S/C14H20N2O3/c15-13(17)14(16)7-6-12(10-14)19-9-8-18-11-4-2-1-3-5-11/h1-5,12H,6-10,16H2,(H2,15,17). The number of carbonyl (C=O) groups is 1. The first kappa shape index (κ1) is 13.8. The molecule has 0 spiro atoms. The van der Waals surface area contributed by atoms with Crippen LogP contribution in [0.1, 0.15) is 19.3 Å². The van der Waals surface area contributed by atoms with Gasteiger partial charge >= 0.3 is 0 Å². The molecule has 19 heavy (non-hydrogen) atoms. The third-order valence-corrected chi connectivity index (χ3v) is 3.44. The van der Waals surface area contributed by atoms with Crippen LogP contribution in [0.3, 0.4) is 0 Å². The van der Waals surface area contributed by atoms with Crippen LogP contribution in [0.5, 0.6) is 5.75 Å². The summed E-state index contributed by atoms with van der Waals surface area (Å²) in [4.78, 5) is 11.2. The van der Waals surface area contributed by atoms with Crippen molar-refractivity contribution in [3.8, 4) is 5.75 Å². The molecular formula is C14H20N2O3. The molecule has 0 aromatic heterocycles. The van der Waals surface area contributed by atoms with Crippen molar-refractivity contribution in [3.63, 3.8) is 0 Å². The largest absolute Gasteiger partial charge is 0.491 e. The summed E-state index contributed by atoms with van der Waals surface area (Å²) in [7, 11) is 0. The number of hydrogen-bond acceptors (Lipinski definition) is 4. The fraction of sp³-hybridized carbons (Fsp3) is 0.500. The maximum atomic E-state index is 11.2. The van der Waals surface area contributed by atoms with Crippen LogP contribution in [-0.4, -0.2) is 30.8 Å². The van der Waals surface area contributed by atoms with Gasteiger partial charge in [0.05, 0.1) is 18.2 Å². The molecule has 1 saturated carbocycles. The SMILES string of the molecule is NC(=O)C1(N)CCC(OCCOc2ccccc2)C1. The third kappa shape index (κ3) is 3.68. The summed E-state index contributed by atoms with van der Waals surface area (Å²) >= 11 is 0. The molecule has 1 amide bonds. The Morgan fingerprint density at radius 2 is 2.05 bits per heavy atom. The van der Waals surface area contributed by atoms with Crippen LogP contribution in [0.4, 0.5) is 0 Å². The zero-order valence-corrected chi connectivity index (χ0v) is 10.9. The lowest BCUT2D eigenvalue weighted by Crippen LogP contribution is -2.50. The molecule has 0 radical (unpaired) electrons. The molecule has 4 N–H and O–H groups in total. The van der Waals surface area contributed by atoms with E-state index in [1.165, 1.54) is 0 Å². The van der Waals surface area contributed by atoms with Crippen LogP contribution in [0, 0.1) is 0 Å². The summed E-state index contributed by atoms with van der Waals surface area (Å²) in [5.41, 5.74) is 10.3. The van der Waals surface area contributed by atoms with E-state index in [4.69, 9.17) is 20.9 Å². The van der Waals surface area contributed by atoms with Gasteiger partial charge in [0.15, 0.2) is 0 Å². The molecule has 5 heteroatoms. The van der Waals surface area contributed by atoms with Crippen molar-refractivity contribution in [2.45, 2.75) is 30.9 Å². The van der Waals surface area contributed by atoms with Crippen molar-refractivity contribution in [2.75, 3.05) is 13.2 Å². The molecule has 0 aliphatic heterocycles. The number of primary amides is 1. The fourth-order valence-corrected chi connectivity index (χ4v) is 2.29. The smallest absolute Gasteiger partial charge is 0.237 e. The van der Waals surface area contributed by atoms with Crippen LogP contribution < -0.4 is 16.2 Å². The number of para-hydroxylation sites is 1. The van der Waals surface area contributed by atoms with Crippen molar-refractivity contribution in [1.82, 2.24) is 0 Å². The van der Waals surface area contributed by atoms with E-state index in [0.717, 1.165) is 12.2 Å². The lowest BCUT2D eigenvalue weighted by atomic mass is 9.99. The van der Waals surface area contributed by atoms with E-state index in [0.29, 0.717) is 26.1 Å². The van der Waals surface area contributed by atoms with Gasteiger partial charge in [0.25, 0.3) is 0 Å². The van der Waals surface area contributed by atoms with Gasteiger partial charge in [-0.25, -0.2) is 0 Å². The minimum absolute atomic E-state index is 0.00290. The van der Waals surface area contributed by atoms with Gasteiger partial charge < -0.3 is 20.9 Å². The second-order valence-electron chi connectivity index (χ2n) is 4.92. The van der Waals surface area contributed by atoms with Crippen LogP contribution in [0.15, 0.2) is 30.3 Å². The molecule has 0 heterocycles. The molecule has 5 nitrogen and oxygen atoms in total. The number of amides is 1. The Hall–Kier alpha value is -1.59. The van der Waals surface area contributed by atoms with Gasteiger partial charge in [-0.2, -0.15) is 0 Å². The molecule has 2 atom stereocenters. The Kier molecular flexibility index (Phi) is 4.39. The summed E-state index contributed by atoms with van der Waals surface area (Å²) in [6.45, 7) is 0.961. The van der Waals surface area contributed by atoms with Crippen LogP contribution >= 0.6 is 0 Å². The predicted octanol–water partition coefficient (Wildman–Crippen LogP) is 0.817. The average Bonchev–Trinajstić information content (AvgIpc) is 2.79. The Morgan fingerprint density at radius 1 is 1.32 bits per heavy atom. The van der Waals surface area contributed by atoms with Crippen molar-refractivity contribution in [3.05, 3.63) is 30.3 Å². The highest BCUT2D eigenvalue weighted by Crippen LogP contribution is 2.29. The topological polar surface area (TPSA) is 87.6 Å². The van der Waals surface area contributed by atoms with Gasteiger partial charge in [0, 0.05) is 6.42 Å². The molecule has 1 aromatic rings. The first-order chi connectivity index (χ1) is 9.10. The molecule has 1 aromatic carbocycles. The highest BCUT2D eigenvalue weighted by molar-refractivity contribution is 5.84. The van der Waals surface area contributed by atoms with Crippen LogP contribution in [0.2, 0.25) is 0 Å². The van der Waals surface area contributed by atoms with E-state index in [1.807, 2.05) is 30.3 Å². The van der Waals surface area contributed by atoms with Gasteiger partial charge in [-0.3, -0.25) is 4.79 Å². The Balaban J connectivity index is 1.66. The molecule has 1 fully saturated rings. The second-order valence-corrected chi connectivity index (χ2v) is 4.92. The van der Waals surface area contributed by atoms with Gasteiger partial charge in [0.2, 0.25) is 5.91 Å². The number of nitrogens with two attached hydrogens (primary N) is 2. The van der Waals surface area contributed by atoms with E-state index in [9.17, 15) is 4.79 Å². The highest BCUT2D eigenvalue weighted by atomic mass is 16.5. The number of benzene rings is 1. The lowest BCUT2D eigenvalue weighted by molar-refractivity contribution is -0.123. The Labute approximate surface area is 112 Å². The van der Waals surface area contributed by atoms with Gasteiger partial charge in [-0.15, -0.1) is 0 Å². The normalized spacial score (nSPS) is 26.3. The number of carbonyl (C=O) groups excluding carboxylic acids is 1. The molecule has 1 aliphatic carbocycles. The molecule has 2 rings (SSSR count). The van der Waals surface area contributed by atoms with Crippen LogP contribution in [-0.2, 0) is 9.53 Å². The summed E-state index contributed by atoms with van der Waals surface area (Å²) in [6, 6.07) is 9.57. The quantitative estimate of drug-likeness (QED) is 0.744. The summed E-state index contributed by atoms with van der Waals surface area (Å²) < 4.78 is 11.2. The number of hydrogen-bond donors (Lipinski definition) is 2. The maximum absolute atomic E-state index is 11.2. The van der Waals surface area contributed by atoms with E-state index < -0.39 is 11.4 Å². The van der Waals surface area contributed by atoms with Crippen LogP contribution in [0.25, 0.3) is 0 Å². The van der Waals surface area contributed by atoms with E-state index in [1.54, 1.807) is 0 Å². The fourth-order valence-electron chi connectivity index (χ4n) is 2.29. The highest BCUT2D eigenvalue weighted by Gasteiger charge is 2.40. The predicted molar refractivity (Wildman–Crippen MR) is 71.6 cm³/mol. The zero-order valence-electron chi connectivity index (χ0n) is 10.9. The minimum Gasteiger partial charge on any atom is -0.491 e. The number of ether oxygens (including phenoxy) is 2. The van der Waals surface area contributed by atoms with Crippen molar-refractivity contribution in [1.29, 1.82) is 0 Å². The third-order valence-electron chi connectivity index (χ3n) is 3.44. The van der Waals surface area contributed by atoms with Gasteiger partial charge in [-0.05, 0) is 25.0 Å². The van der Waals surface area contributed by atoms with Crippen molar-refractivity contribution >= 4 is 5.91 Å². The van der Waals surface area contributed by atoms with E-state index in [-0.39, 0.29) is 6.10 Å². The van der Waals surface area contributed by atoms with Gasteiger partial charge in [-0.1, -0.05) is 18.2 Å². The molecule has 104 valence electrons. The molecule has 1 aliphatic rings. The molecular weight excluding hydrogens is 244 g/mol. The zero-order chi connectivity index (χ0) is 13.7. The summed E-state index contributed by atoms with van der Waals surface area (Å²) in [5, 5.41) is 0. The number of rotatable bonds is 6. The van der Waals surface area contributed by atoms with Crippen molar-refractivity contribution in [2.24, 2.45) is 11.5 Å². The molecule has 0 bridgehead atoms. The van der Waals surface area contributed by atoms with E-state index >= 15 is 0 Å². The lowest BCUT2D eigenvalue weighted by Gasteiger charge is -2.19. The minimum atomic E-state index is -0.898. The monoisotopic (exact) mass is 264 g/mol.